The molecule has 21 heavy (non-hydrogen) atoms. The van der Waals surface area contributed by atoms with Crippen molar-refractivity contribution < 1.29 is 8.42 Å². The summed E-state index contributed by atoms with van der Waals surface area (Å²) in [5.41, 5.74) is 0.329. The quantitative estimate of drug-likeness (QED) is 0.729. The van der Waals surface area contributed by atoms with E-state index in [1.165, 1.54) is 31.9 Å². The third-order valence-electron chi connectivity index (χ3n) is 5.20. The molecule has 1 aliphatic heterocycles. The first-order valence-electron chi connectivity index (χ1n) is 8.29. The zero-order valence-electron chi connectivity index (χ0n) is 13.8. The van der Waals surface area contributed by atoms with E-state index in [4.69, 9.17) is 0 Å². The summed E-state index contributed by atoms with van der Waals surface area (Å²) in [6.45, 7) is 9.73. The Balaban J connectivity index is 1.86. The van der Waals surface area contributed by atoms with Crippen molar-refractivity contribution in [2.75, 3.05) is 45.5 Å². The Morgan fingerprint density at radius 2 is 1.67 bits per heavy atom. The predicted octanol–water partition coefficient (Wildman–Crippen LogP) is 1.12. The number of sulfonamides is 1. The number of rotatable bonds is 8. The first kappa shape index (κ1) is 17.2. The molecule has 0 aromatic carbocycles. The second-order valence-corrected chi connectivity index (χ2v) is 8.78. The van der Waals surface area contributed by atoms with Gasteiger partial charge in [-0.05, 0) is 31.1 Å². The molecule has 1 N–H and O–H groups in total. The number of nitrogens with zero attached hydrogens (tertiary/aromatic N) is 2. The van der Waals surface area contributed by atoms with E-state index in [2.05, 4.69) is 24.1 Å². The number of nitrogens with one attached hydrogen (secondary N) is 1. The van der Waals surface area contributed by atoms with Gasteiger partial charge in [0.2, 0.25) is 10.0 Å². The molecule has 0 bridgehead atoms. The predicted molar refractivity (Wildman–Crippen MR) is 86.9 cm³/mol. The molecule has 0 spiro atoms. The first-order chi connectivity index (χ1) is 9.88. The average Bonchev–Trinajstić information content (AvgIpc) is 3.27. The van der Waals surface area contributed by atoms with E-state index in [-0.39, 0.29) is 0 Å². The van der Waals surface area contributed by atoms with Crippen LogP contribution in [0, 0.1) is 5.41 Å². The highest BCUT2D eigenvalue weighted by molar-refractivity contribution is 7.88. The van der Waals surface area contributed by atoms with Gasteiger partial charge in [-0.25, -0.2) is 8.42 Å². The Morgan fingerprint density at radius 3 is 2.10 bits per heavy atom. The summed E-state index contributed by atoms with van der Waals surface area (Å²) >= 11 is 0. The normalized spacial score (nSPS) is 22.6. The number of hydrogen-bond acceptors (Lipinski definition) is 4. The van der Waals surface area contributed by atoms with Crippen LogP contribution >= 0.6 is 0 Å². The second kappa shape index (κ2) is 6.94. The van der Waals surface area contributed by atoms with Crippen molar-refractivity contribution in [3.05, 3.63) is 0 Å². The maximum absolute atomic E-state index is 11.6. The molecule has 1 aliphatic carbocycles. The van der Waals surface area contributed by atoms with Gasteiger partial charge in [0.1, 0.15) is 0 Å². The molecule has 1 heterocycles. The van der Waals surface area contributed by atoms with Gasteiger partial charge >= 0.3 is 0 Å². The van der Waals surface area contributed by atoms with Crippen LogP contribution in [0.15, 0.2) is 0 Å². The Hall–Kier alpha value is -0.170. The van der Waals surface area contributed by atoms with Crippen molar-refractivity contribution in [2.24, 2.45) is 5.41 Å². The van der Waals surface area contributed by atoms with Gasteiger partial charge in [0.05, 0.1) is 6.26 Å². The van der Waals surface area contributed by atoms with Crippen molar-refractivity contribution in [1.29, 1.82) is 0 Å². The summed E-state index contributed by atoms with van der Waals surface area (Å²) < 4.78 is 24.7. The minimum absolute atomic E-state index is 0.329. The summed E-state index contributed by atoms with van der Waals surface area (Å²) in [7, 11) is -3.02. The summed E-state index contributed by atoms with van der Waals surface area (Å²) in [5.74, 6) is 0. The lowest BCUT2D eigenvalue weighted by molar-refractivity contribution is 0.103. The van der Waals surface area contributed by atoms with Crippen LogP contribution in [0.5, 0.6) is 0 Å². The van der Waals surface area contributed by atoms with E-state index in [0.717, 1.165) is 32.2 Å². The summed E-state index contributed by atoms with van der Waals surface area (Å²) in [4.78, 5) is 2.45. The van der Waals surface area contributed by atoms with Crippen LogP contribution < -0.4 is 5.32 Å². The van der Waals surface area contributed by atoms with Crippen LogP contribution in [0.4, 0.5) is 0 Å². The van der Waals surface area contributed by atoms with Gasteiger partial charge in [0.25, 0.3) is 0 Å². The maximum atomic E-state index is 11.6. The Kier molecular flexibility index (Phi) is 5.68. The van der Waals surface area contributed by atoms with E-state index in [0.29, 0.717) is 18.5 Å². The molecule has 0 unspecified atom stereocenters. The fourth-order valence-corrected chi connectivity index (χ4v) is 3.95. The molecule has 0 radical (unpaired) electrons. The van der Waals surface area contributed by atoms with Crippen molar-refractivity contribution in [3.63, 3.8) is 0 Å². The lowest BCUT2D eigenvalue weighted by Gasteiger charge is -2.41. The van der Waals surface area contributed by atoms with E-state index in [9.17, 15) is 8.42 Å². The largest absolute Gasteiger partial charge is 0.313 e. The fourth-order valence-electron chi connectivity index (χ4n) is 3.12. The van der Waals surface area contributed by atoms with Crippen LogP contribution in [0.2, 0.25) is 0 Å². The molecule has 2 rings (SSSR count). The molecule has 0 aromatic rings. The van der Waals surface area contributed by atoms with Gasteiger partial charge in [-0.1, -0.05) is 13.8 Å². The van der Waals surface area contributed by atoms with Crippen molar-refractivity contribution in [3.8, 4) is 0 Å². The highest BCUT2D eigenvalue weighted by Gasteiger charge is 2.33. The fraction of sp³-hybridized carbons (Fsp3) is 1.00. The monoisotopic (exact) mass is 317 g/mol. The Labute approximate surface area is 130 Å². The van der Waals surface area contributed by atoms with E-state index >= 15 is 0 Å². The second-order valence-electron chi connectivity index (χ2n) is 6.80. The lowest BCUT2D eigenvalue weighted by Crippen LogP contribution is -2.52. The number of hydrogen-bond donors (Lipinski definition) is 1. The van der Waals surface area contributed by atoms with E-state index in [1.54, 1.807) is 4.31 Å². The molecule has 5 nitrogen and oxygen atoms in total. The van der Waals surface area contributed by atoms with Crippen molar-refractivity contribution in [2.45, 2.75) is 45.6 Å². The third-order valence-corrected chi connectivity index (χ3v) is 6.51. The van der Waals surface area contributed by atoms with E-state index in [1.807, 2.05) is 0 Å². The molecule has 6 heteroatoms. The highest BCUT2D eigenvalue weighted by atomic mass is 32.2. The molecule has 0 atom stereocenters. The van der Waals surface area contributed by atoms with Gasteiger partial charge in [0.15, 0.2) is 0 Å². The molecular weight excluding hydrogens is 286 g/mol. The summed E-state index contributed by atoms with van der Waals surface area (Å²) in [6, 6.07) is 0.754. The van der Waals surface area contributed by atoms with Gasteiger partial charge in [0, 0.05) is 45.3 Å². The molecule has 0 amide bonds. The van der Waals surface area contributed by atoms with Crippen LogP contribution in [-0.2, 0) is 10.0 Å². The molecule has 1 saturated carbocycles. The molecule has 2 aliphatic rings. The lowest BCUT2D eigenvalue weighted by atomic mass is 9.81. The van der Waals surface area contributed by atoms with Gasteiger partial charge in [-0.2, -0.15) is 4.31 Å². The van der Waals surface area contributed by atoms with E-state index < -0.39 is 10.0 Å². The average molecular weight is 317 g/mol. The zero-order valence-corrected chi connectivity index (χ0v) is 14.6. The SMILES string of the molecule is CCC(CC)(CNC1CC1)CN1CCN(S(C)(=O)=O)CC1. The van der Waals surface area contributed by atoms with Crippen LogP contribution in [0.25, 0.3) is 0 Å². The van der Waals surface area contributed by atoms with Crippen LogP contribution in [0.1, 0.15) is 39.5 Å². The third kappa shape index (κ3) is 4.91. The smallest absolute Gasteiger partial charge is 0.211 e. The van der Waals surface area contributed by atoms with Crippen LogP contribution in [-0.4, -0.2) is 69.2 Å². The minimum atomic E-state index is -3.02. The van der Waals surface area contributed by atoms with Gasteiger partial charge in [-0.15, -0.1) is 0 Å². The highest BCUT2D eigenvalue weighted by Crippen LogP contribution is 2.29. The topological polar surface area (TPSA) is 52.6 Å². The van der Waals surface area contributed by atoms with Crippen molar-refractivity contribution >= 4 is 10.0 Å². The minimum Gasteiger partial charge on any atom is -0.313 e. The van der Waals surface area contributed by atoms with Crippen molar-refractivity contribution in [1.82, 2.24) is 14.5 Å². The Bertz CT molecular complexity index is 422. The summed E-state index contributed by atoms with van der Waals surface area (Å²) in [5, 5.41) is 3.69. The standard InChI is InChI=1S/C15H31N3O2S/c1-4-15(5-2,12-16-14-6-7-14)13-17-8-10-18(11-9-17)21(3,19)20/h14,16H,4-13H2,1-3H3. The molecule has 0 aromatic heterocycles. The van der Waals surface area contributed by atoms with Gasteiger partial charge < -0.3 is 10.2 Å². The van der Waals surface area contributed by atoms with Crippen LogP contribution in [0.3, 0.4) is 0 Å². The Morgan fingerprint density at radius 1 is 1.10 bits per heavy atom. The first-order valence-corrected chi connectivity index (χ1v) is 10.1. The zero-order chi connectivity index (χ0) is 15.5. The molecule has 2 fully saturated rings. The molecule has 124 valence electrons. The summed E-state index contributed by atoms with van der Waals surface area (Å²) in [6.07, 6.45) is 6.32. The van der Waals surface area contributed by atoms with Gasteiger partial charge in [-0.3, -0.25) is 0 Å². The molecule has 1 saturated heterocycles. The maximum Gasteiger partial charge on any atom is 0.211 e. The number of piperazine rings is 1. The molecular formula is C15H31N3O2S.